The lowest BCUT2D eigenvalue weighted by Crippen LogP contribution is -1.94. The highest BCUT2D eigenvalue weighted by Gasteiger charge is 2.21. The Bertz CT molecular complexity index is 559. The highest BCUT2D eigenvalue weighted by molar-refractivity contribution is 6.36. The third-order valence-corrected chi connectivity index (χ3v) is 3.96. The number of hydrogen-bond acceptors (Lipinski definition) is 2. The Balaban J connectivity index is 1.92. The summed E-state index contributed by atoms with van der Waals surface area (Å²) in [6.45, 7) is 0. The van der Waals surface area contributed by atoms with Crippen LogP contribution >= 0.6 is 23.2 Å². The minimum atomic E-state index is 0.525. The quantitative estimate of drug-likeness (QED) is 0.884. The van der Waals surface area contributed by atoms with Crippen LogP contribution in [0.3, 0.4) is 0 Å². The SMILES string of the molecule is Clc1ccc(-c2n[nH]c(C3CCCC3)n2)c(Cl)c1. The molecule has 0 aliphatic heterocycles. The molecule has 2 aromatic rings. The lowest BCUT2D eigenvalue weighted by molar-refractivity contribution is 0.672. The Morgan fingerprint density at radius 1 is 1.17 bits per heavy atom. The van der Waals surface area contributed by atoms with Crippen molar-refractivity contribution in [1.82, 2.24) is 15.2 Å². The van der Waals surface area contributed by atoms with Crippen LogP contribution in [0.1, 0.15) is 37.4 Å². The van der Waals surface area contributed by atoms with Gasteiger partial charge in [0.2, 0.25) is 0 Å². The predicted octanol–water partition coefficient (Wildman–Crippen LogP) is 4.44. The smallest absolute Gasteiger partial charge is 0.182 e. The Hall–Kier alpha value is -1.06. The lowest BCUT2D eigenvalue weighted by Gasteiger charge is -2.02. The Morgan fingerprint density at radius 2 is 1.94 bits per heavy atom. The molecule has 3 rings (SSSR count). The molecule has 0 unspecified atom stereocenters. The highest BCUT2D eigenvalue weighted by atomic mass is 35.5. The van der Waals surface area contributed by atoms with E-state index in [-0.39, 0.29) is 0 Å². The predicted molar refractivity (Wildman–Crippen MR) is 73.0 cm³/mol. The van der Waals surface area contributed by atoms with E-state index in [4.69, 9.17) is 23.2 Å². The van der Waals surface area contributed by atoms with Gasteiger partial charge in [-0.25, -0.2) is 4.98 Å². The van der Waals surface area contributed by atoms with Crippen molar-refractivity contribution in [2.24, 2.45) is 0 Å². The summed E-state index contributed by atoms with van der Waals surface area (Å²) in [5, 5.41) is 8.50. The molecule has 0 spiro atoms. The second-order valence-electron chi connectivity index (χ2n) is 4.65. The zero-order chi connectivity index (χ0) is 12.5. The van der Waals surface area contributed by atoms with Crippen molar-refractivity contribution in [2.45, 2.75) is 31.6 Å². The second-order valence-corrected chi connectivity index (χ2v) is 5.49. The minimum Gasteiger partial charge on any atom is -0.262 e. The molecule has 1 aliphatic carbocycles. The first kappa shape index (κ1) is 12.0. The number of rotatable bonds is 2. The molecular formula is C13H13Cl2N3. The lowest BCUT2D eigenvalue weighted by atomic mass is 10.1. The molecule has 1 aliphatic rings. The Labute approximate surface area is 116 Å². The van der Waals surface area contributed by atoms with E-state index in [2.05, 4.69) is 15.2 Å². The van der Waals surface area contributed by atoms with E-state index in [1.54, 1.807) is 12.1 Å². The van der Waals surface area contributed by atoms with E-state index in [1.165, 1.54) is 25.7 Å². The summed E-state index contributed by atoms with van der Waals surface area (Å²) >= 11 is 12.0. The zero-order valence-corrected chi connectivity index (χ0v) is 11.3. The summed E-state index contributed by atoms with van der Waals surface area (Å²) in [5.74, 6) is 2.16. The molecule has 1 saturated carbocycles. The van der Waals surface area contributed by atoms with Gasteiger partial charge in [0.25, 0.3) is 0 Å². The molecule has 3 nitrogen and oxygen atoms in total. The second kappa shape index (κ2) is 4.90. The van der Waals surface area contributed by atoms with Crippen molar-refractivity contribution in [3.63, 3.8) is 0 Å². The maximum atomic E-state index is 6.15. The number of nitrogens with zero attached hydrogens (tertiary/aromatic N) is 2. The molecule has 0 saturated heterocycles. The molecule has 5 heteroatoms. The number of halogens is 2. The first-order valence-electron chi connectivity index (χ1n) is 6.12. The highest BCUT2D eigenvalue weighted by Crippen LogP contribution is 2.34. The number of nitrogens with one attached hydrogen (secondary N) is 1. The van der Waals surface area contributed by atoms with Crippen LogP contribution in [0.5, 0.6) is 0 Å². The summed E-state index contributed by atoms with van der Waals surface area (Å²) in [7, 11) is 0. The number of aromatic nitrogens is 3. The zero-order valence-electron chi connectivity index (χ0n) is 9.79. The summed E-state index contributed by atoms with van der Waals surface area (Å²) in [5.41, 5.74) is 0.821. The molecule has 1 fully saturated rings. The van der Waals surface area contributed by atoms with Gasteiger partial charge in [0.15, 0.2) is 5.82 Å². The van der Waals surface area contributed by atoms with Crippen LogP contribution in [-0.2, 0) is 0 Å². The van der Waals surface area contributed by atoms with E-state index < -0.39 is 0 Å². The van der Waals surface area contributed by atoms with Gasteiger partial charge in [-0.2, -0.15) is 5.10 Å². The van der Waals surface area contributed by atoms with Crippen molar-refractivity contribution >= 4 is 23.2 Å². The van der Waals surface area contributed by atoms with E-state index in [1.807, 2.05) is 6.07 Å². The van der Waals surface area contributed by atoms with Crippen molar-refractivity contribution in [3.8, 4) is 11.4 Å². The van der Waals surface area contributed by atoms with Crippen molar-refractivity contribution in [2.75, 3.05) is 0 Å². The third kappa shape index (κ3) is 2.25. The van der Waals surface area contributed by atoms with Gasteiger partial charge in [-0.15, -0.1) is 0 Å². The number of H-pyrrole nitrogens is 1. The minimum absolute atomic E-state index is 0.525. The summed E-state index contributed by atoms with van der Waals surface area (Å²) in [6, 6.07) is 5.37. The van der Waals surface area contributed by atoms with Crippen molar-refractivity contribution in [3.05, 3.63) is 34.1 Å². The molecule has 1 aromatic heterocycles. The fourth-order valence-electron chi connectivity index (χ4n) is 2.45. The molecule has 18 heavy (non-hydrogen) atoms. The van der Waals surface area contributed by atoms with E-state index in [0.29, 0.717) is 21.8 Å². The van der Waals surface area contributed by atoms with Crippen LogP contribution in [0.25, 0.3) is 11.4 Å². The van der Waals surface area contributed by atoms with Crippen molar-refractivity contribution in [1.29, 1.82) is 0 Å². The van der Waals surface area contributed by atoms with Crippen LogP contribution in [0.15, 0.2) is 18.2 Å². The van der Waals surface area contributed by atoms with E-state index >= 15 is 0 Å². The topological polar surface area (TPSA) is 41.6 Å². The van der Waals surface area contributed by atoms with Crippen LogP contribution in [0.2, 0.25) is 10.0 Å². The average Bonchev–Trinajstić information content (AvgIpc) is 2.99. The molecule has 0 bridgehead atoms. The van der Waals surface area contributed by atoms with Gasteiger partial charge in [0.1, 0.15) is 5.82 Å². The van der Waals surface area contributed by atoms with Crippen LogP contribution in [-0.4, -0.2) is 15.2 Å². The molecule has 94 valence electrons. The number of hydrogen-bond donors (Lipinski definition) is 1. The van der Waals surface area contributed by atoms with E-state index in [0.717, 1.165) is 11.4 Å². The van der Waals surface area contributed by atoms with Crippen LogP contribution in [0, 0.1) is 0 Å². The average molecular weight is 282 g/mol. The van der Waals surface area contributed by atoms with Gasteiger partial charge in [-0.05, 0) is 31.0 Å². The Morgan fingerprint density at radius 3 is 2.67 bits per heavy atom. The van der Waals surface area contributed by atoms with E-state index in [9.17, 15) is 0 Å². The van der Waals surface area contributed by atoms with Gasteiger partial charge < -0.3 is 0 Å². The normalized spacial score (nSPS) is 16.3. The largest absolute Gasteiger partial charge is 0.262 e. The molecule has 1 aromatic carbocycles. The maximum Gasteiger partial charge on any atom is 0.182 e. The molecule has 0 atom stereocenters. The van der Waals surface area contributed by atoms with Crippen LogP contribution < -0.4 is 0 Å². The number of aromatic amines is 1. The molecule has 1 N–H and O–H groups in total. The summed E-state index contributed by atoms with van der Waals surface area (Å²) < 4.78 is 0. The summed E-state index contributed by atoms with van der Waals surface area (Å²) in [4.78, 5) is 4.56. The van der Waals surface area contributed by atoms with Gasteiger partial charge in [0, 0.05) is 16.5 Å². The Kier molecular flexibility index (Phi) is 3.27. The first-order chi connectivity index (χ1) is 8.74. The van der Waals surface area contributed by atoms with Crippen molar-refractivity contribution < 1.29 is 0 Å². The van der Waals surface area contributed by atoms with Gasteiger partial charge in [-0.3, -0.25) is 5.10 Å². The monoisotopic (exact) mass is 281 g/mol. The maximum absolute atomic E-state index is 6.15. The summed E-state index contributed by atoms with van der Waals surface area (Å²) in [6.07, 6.45) is 4.96. The van der Waals surface area contributed by atoms with Crippen LogP contribution in [0.4, 0.5) is 0 Å². The number of benzene rings is 1. The molecule has 0 radical (unpaired) electrons. The molecule has 0 amide bonds. The van der Waals surface area contributed by atoms with Gasteiger partial charge in [0.05, 0.1) is 5.02 Å². The van der Waals surface area contributed by atoms with Gasteiger partial charge >= 0.3 is 0 Å². The fourth-order valence-corrected chi connectivity index (χ4v) is 2.94. The fraction of sp³-hybridized carbons (Fsp3) is 0.385. The standard InChI is InChI=1S/C13H13Cl2N3/c14-9-5-6-10(11(15)7-9)13-16-12(17-18-13)8-3-1-2-4-8/h5-8H,1-4H2,(H,16,17,18). The first-order valence-corrected chi connectivity index (χ1v) is 6.87. The molecular weight excluding hydrogens is 269 g/mol. The molecule has 1 heterocycles. The van der Waals surface area contributed by atoms with Gasteiger partial charge in [-0.1, -0.05) is 36.0 Å². The third-order valence-electron chi connectivity index (χ3n) is 3.42.